The van der Waals surface area contributed by atoms with E-state index in [1.807, 2.05) is 0 Å². The van der Waals surface area contributed by atoms with E-state index in [1.165, 1.54) is 38.9 Å². The monoisotopic (exact) mass is 242 g/mol. The van der Waals surface area contributed by atoms with E-state index >= 15 is 0 Å². The molecule has 0 amide bonds. The van der Waals surface area contributed by atoms with E-state index in [2.05, 4.69) is 25.7 Å². The van der Waals surface area contributed by atoms with Crippen LogP contribution in [0.1, 0.15) is 46.5 Å². The zero-order chi connectivity index (χ0) is 12.7. The average Bonchev–Trinajstić information content (AvgIpc) is 2.27. The number of likely N-dealkylation sites (tertiary alicyclic amines) is 1. The second-order valence-corrected chi connectivity index (χ2v) is 6.36. The van der Waals surface area contributed by atoms with Gasteiger partial charge >= 0.3 is 0 Å². The van der Waals surface area contributed by atoms with Gasteiger partial charge in [0.05, 0.1) is 6.10 Å². The molecule has 0 radical (unpaired) electrons. The Morgan fingerprint density at radius 1 is 1.24 bits per heavy atom. The fourth-order valence-corrected chi connectivity index (χ4v) is 2.13. The SMILES string of the molecule is CC(C)(C)CCN1CCC(OCCCN)CC1. The van der Waals surface area contributed by atoms with Crippen molar-refractivity contribution in [3.63, 3.8) is 0 Å². The van der Waals surface area contributed by atoms with Crippen LogP contribution in [0.25, 0.3) is 0 Å². The minimum Gasteiger partial charge on any atom is -0.378 e. The van der Waals surface area contributed by atoms with E-state index < -0.39 is 0 Å². The van der Waals surface area contributed by atoms with Gasteiger partial charge in [0.2, 0.25) is 0 Å². The normalized spacial score (nSPS) is 19.8. The molecule has 1 fully saturated rings. The highest BCUT2D eigenvalue weighted by molar-refractivity contribution is 4.74. The number of hydrogen-bond donors (Lipinski definition) is 1. The van der Waals surface area contributed by atoms with Gasteiger partial charge in [0, 0.05) is 19.7 Å². The maximum atomic E-state index is 5.81. The van der Waals surface area contributed by atoms with E-state index in [9.17, 15) is 0 Å². The summed E-state index contributed by atoms with van der Waals surface area (Å²) in [6.45, 7) is 12.2. The average molecular weight is 242 g/mol. The standard InChI is InChI=1S/C14H30N2O/c1-14(2,3)7-11-16-9-5-13(6-10-16)17-12-4-8-15/h13H,4-12,15H2,1-3H3. The van der Waals surface area contributed by atoms with Crippen LogP contribution in [0.5, 0.6) is 0 Å². The maximum Gasteiger partial charge on any atom is 0.0599 e. The molecule has 0 aromatic carbocycles. The number of hydrogen-bond acceptors (Lipinski definition) is 3. The third kappa shape index (κ3) is 7.02. The Hall–Kier alpha value is -0.120. The zero-order valence-electron chi connectivity index (χ0n) is 11.9. The second kappa shape index (κ2) is 7.34. The second-order valence-electron chi connectivity index (χ2n) is 6.36. The van der Waals surface area contributed by atoms with Gasteiger partial charge in [0.1, 0.15) is 0 Å². The lowest BCUT2D eigenvalue weighted by molar-refractivity contribution is 0.00562. The molecule has 0 aromatic rings. The van der Waals surface area contributed by atoms with Gasteiger partial charge in [-0.25, -0.2) is 0 Å². The number of nitrogens with zero attached hydrogens (tertiary/aromatic N) is 1. The molecule has 3 nitrogen and oxygen atoms in total. The van der Waals surface area contributed by atoms with Crippen molar-refractivity contribution in [1.82, 2.24) is 4.90 Å². The summed E-state index contributed by atoms with van der Waals surface area (Å²) in [5, 5.41) is 0. The minimum absolute atomic E-state index is 0.453. The third-order valence-electron chi connectivity index (χ3n) is 3.41. The van der Waals surface area contributed by atoms with Crippen molar-refractivity contribution in [2.75, 3.05) is 32.8 Å². The molecule has 2 N–H and O–H groups in total. The molecule has 17 heavy (non-hydrogen) atoms. The van der Waals surface area contributed by atoms with Crippen LogP contribution in [0, 0.1) is 5.41 Å². The van der Waals surface area contributed by atoms with Crippen molar-refractivity contribution >= 4 is 0 Å². The van der Waals surface area contributed by atoms with Gasteiger partial charge in [0.15, 0.2) is 0 Å². The Labute approximate surface area is 107 Å². The molecular weight excluding hydrogens is 212 g/mol. The molecule has 1 aliphatic heterocycles. The van der Waals surface area contributed by atoms with Crippen molar-refractivity contribution in [1.29, 1.82) is 0 Å². The van der Waals surface area contributed by atoms with Crippen LogP contribution in [0.3, 0.4) is 0 Å². The molecule has 0 bridgehead atoms. The Morgan fingerprint density at radius 3 is 2.41 bits per heavy atom. The van der Waals surface area contributed by atoms with E-state index in [4.69, 9.17) is 10.5 Å². The quantitative estimate of drug-likeness (QED) is 0.726. The van der Waals surface area contributed by atoms with Crippen LogP contribution in [-0.2, 0) is 4.74 Å². The lowest BCUT2D eigenvalue weighted by Gasteiger charge is -2.33. The molecule has 1 saturated heterocycles. The molecule has 1 aliphatic rings. The topological polar surface area (TPSA) is 38.5 Å². The van der Waals surface area contributed by atoms with E-state index in [1.54, 1.807) is 0 Å². The first-order valence-corrected chi connectivity index (χ1v) is 7.05. The minimum atomic E-state index is 0.453. The third-order valence-corrected chi connectivity index (χ3v) is 3.41. The van der Waals surface area contributed by atoms with Crippen LogP contribution < -0.4 is 5.73 Å². The van der Waals surface area contributed by atoms with Crippen LogP contribution in [0.4, 0.5) is 0 Å². The Kier molecular flexibility index (Phi) is 6.45. The van der Waals surface area contributed by atoms with Crippen molar-refractivity contribution in [3.05, 3.63) is 0 Å². The first-order valence-electron chi connectivity index (χ1n) is 7.05. The summed E-state index contributed by atoms with van der Waals surface area (Å²) in [5.74, 6) is 0. The number of nitrogens with two attached hydrogens (primary N) is 1. The van der Waals surface area contributed by atoms with E-state index in [0.29, 0.717) is 11.5 Å². The van der Waals surface area contributed by atoms with E-state index in [-0.39, 0.29) is 0 Å². The zero-order valence-corrected chi connectivity index (χ0v) is 11.9. The highest BCUT2D eigenvalue weighted by Gasteiger charge is 2.20. The molecule has 0 spiro atoms. The van der Waals surface area contributed by atoms with Gasteiger partial charge < -0.3 is 15.4 Å². The lowest BCUT2D eigenvalue weighted by Crippen LogP contribution is -2.38. The van der Waals surface area contributed by atoms with Gasteiger partial charge in [-0.05, 0) is 44.2 Å². The van der Waals surface area contributed by atoms with Crippen LogP contribution in [-0.4, -0.2) is 43.8 Å². The molecule has 3 heteroatoms. The summed E-state index contributed by atoms with van der Waals surface area (Å²) in [4.78, 5) is 2.58. The maximum absolute atomic E-state index is 5.81. The largest absolute Gasteiger partial charge is 0.378 e. The predicted molar refractivity (Wildman–Crippen MR) is 73.2 cm³/mol. The number of rotatable bonds is 6. The van der Waals surface area contributed by atoms with E-state index in [0.717, 1.165) is 19.6 Å². The van der Waals surface area contributed by atoms with Crippen molar-refractivity contribution in [3.8, 4) is 0 Å². The van der Waals surface area contributed by atoms with Gasteiger partial charge in [-0.1, -0.05) is 20.8 Å². The first-order chi connectivity index (χ1) is 8.01. The summed E-state index contributed by atoms with van der Waals surface area (Å²) < 4.78 is 5.81. The fraction of sp³-hybridized carbons (Fsp3) is 1.00. The molecule has 1 heterocycles. The molecule has 102 valence electrons. The summed E-state index contributed by atoms with van der Waals surface area (Å²) in [7, 11) is 0. The summed E-state index contributed by atoms with van der Waals surface area (Å²) in [6, 6.07) is 0. The van der Waals surface area contributed by atoms with Gasteiger partial charge in [-0.2, -0.15) is 0 Å². The van der Waals surface area contributed by atoms with Gasteiger partial charge in [-0.15, -0.1) is 0 Å². The smallest absolute Gasteiger partial charge is 0.0599 e. The van der Waals surface area contributed by atoms with Crippen molar-refractivity contribution in [2.24, 2.45) is 11.1 Å². The highest BCUT2D eigenvalue weighted by Crippen LogP contribution is 2.21. The molecule has 0 saturated carbocycles. The molecule has 0 aromatic heterocycles. The summed E-state index contributed by atoms with van der Waals surface area (Å²) >= 11 is 0. The summed E-state index contributed by atoms with van der Waals surface area (Å²) in [5.41, 5.74) is 5.91. The first kappa shape index (κ1) is 14.9. The molecule has 0 atom stereocenters. The number of ether oxygens (including phenoxy) is 1. The van der Waals surface area contributed by atoms with Gasteiger partial charge in [0.25, 0.3) is 0 Å². The Balaban J connectivity index is 2.09. The van der Waals surface area contributed by atoms with Crippen molar-refractivity contribution < 1.29 is 4.74 Å². The highest BCUT2D eigenvalue weighted by atomic mass is 16.5. The molecule has 1 rings (SSSR count). The van der Waals surface area contributed by atoms with Crippen LogP contribution in [0.15, 0.2) is 0 Å². The Bertz CT molecular complexity index is 193. The molecular formula is C14H30N2O. The summed E-state index contributed by atoms with van der Waals surface area (Å²) in [6.07, 6.45) is 5.13. The Morgan fingerprint density at radius 2 is 1.88 bits per heavy atom. The molecule has 0 unspecified atom stereocenters. The van der Waals surface area contributed by atoms with Crippen LogP contribution >= 0.6 is 0 Å². The lowest BCUT2D eigenvalue weighted by atomic mass is 9.91. The molecule has 0 aliphatic carbocycles. The number of piperidine rings is 1. The van der Waals surface area contributed by atoms with Gasteiger partial charge in [-0.3, -0.25) is 0 Å². The fourth-order valence-electron chi connectivity index (χ4n) is 2.13. The van der Waals surface area contributed by atoms with Crippen molar-refractivity contribution in [2.45, 2.75) is 52.6 Å². The predicted octanol–water partition coefficient (Wildman–Crippen LogP) is 2.25. The van der Waals surface area contributed by atoms with Crippen LogP contribution in [0.2, 0.25) is 0 Å².